The van der Waals surface area contributed by atoms with Crippen LogP contribution in [0, 0.1) is 25.2 Å². The molecule has 0 atom stereocenters. The smallest absolute Gasteiger partial charge is 0.191 e. The van der Waals surface area contributed by atoms with Crippen LogP contribution in [-0.4, -0.2) is 10.8 Å². The lowest BCUT2D eigenvalue weighted by Gasteiger charge is -2.13. The van der Waals surface area contributed by atoms with Gasteiger partial charge in [0.2, 0.25) is 0 Å². The summed E-state index contributed by atoms with van der Waals surface area (Å²) in [6.07, 6.45) is 0. The quantitative estimate of drug-likeness (QED) is 0.511. The summed E-state index contributed by atoms with van der Waals surface area (Å²) in [6.45, 7) is 5.95. The number of nitriles is 1. The van der Waals surface area contributed by atoms with Crippen LogP contribution in [0.4, 0.5) is 5.69 Å². The second-order valence-corrected chi connectivity index (χ2v) is 5.63. The maximum atomic E-state index is 8.81. The van der Waals surface area contributed by atoms with E-state index in [1.807, 2.05) is 51.1 Å². The maximum Gasteiger partial charge on any atom is 0.191 e. The highest BCUT2D eigenvalue weighted by atomic mass is 32.1. The molecule has 4 nitrogen and oxygen atoms in total. The molecule has 0 unspecified atom stereocenters. The van der Waals surface area contributed by atoms with Crippen molar-refractivity contribution in [2.45, 2.75) is 20.8 Å². The maximum absolute atomic E-state index is 8.81. The minimum atomic E-state index is 0.440. The summed E-state index contributed by atoms with van der Waals surface area (Å²) < 4.78 is 0. The predicted octanol–water partition coefficient (Wildman–Crippen LogP) is 3.89. The van der Waals surface area contributed by atoms with Gasteiger partial charge in [-0.2, -0.15) is 10.4 Å². The second kappa shape index (κ2) is 7.52. The van der Waals surface area contributed by atoms with Crippen molar-refractivity contribution in [3.63, 3.8) is 0 Å². The van der Waals surface area contributed by atoms with Crippen molar-refractivity contribution in [3.8, 4) is 6.07 Å². The summed E-state index contributed by atoms with van der Waals surface area (Å²) in [7, 11) is 0. The molecule has 0 saturated carbocycles. The standard InChI is InChI=1S/C18H18N4S/c1-12-5-4-6-13(2)17(12)20-18(23)22-21-14(3)16-9-7-15(11-19)8-10-16/h4-10H,1-3H3,(H2,20,22,23)/b21-14+. The van der Waals surface area contributed by atoms with Crippen LogP contribution in [0.3, 0.4) is 0 Å². The Kier molecular flexibility index (Phi) is 5.45. The number of aryl methyl sites for hydroxylation is 2. The molecule has 0 fully saturated rings. The first kappa shape index (κ1) is 16.7. The first-order chi connectivity index (χ1) is 11.0. The summed E-state index contributed by atoms with van der Waals surface area (Å²) in [6, 6.07) is 15.4. The summed E-state index contributed by atoms with van der Waals surface area (Å²) in [4.78, 5) is 0. The van der Waals surface area contributed by atoms with Gasteiger partial charge in [-0.25, -0.2) is 0 Å². The molecule has 0 aliphatic heterocycles. The zero-order chi connectivity index (χ0) is 16.8. The molecule has 2 aromatic carbocycles. The van der Waals surface area contributed by atoms with E-state index in [9.17, 15) is 0 Å². The number of hydrogen-bond acceptors (Lipinski definition) is 3. The third kappa shape index (κ3) is 4.38. The normalized spacial score (nSPS) is 10.8. The molecule has 0 spiro atoms. The molecule has 0 aliphatic carbocycles. The fourth-order valence-corrected chi connectivity index (χ4v) is 2.29. The third-order valence-corrected chi connectivity index (χ3v) is 3.67. The average molecular weight is 322 g/mol. The zero-order valence-electron chi connectivity index (χ0n) is 13.3. The summed E-state index contributed by atoms with van der Waals surface area (Å²) in [5.41, 5.74) is 8.46. The molecule has 2 N–H and O–H groups in total. The van der Waals surface area contributed by atoms with Crippen molar-refractivity contribution in [2.75, 3.05) is 5.32 Å². The summed E-state index contributed by atoms with van der Waals surface area (Å²) in [5, 5.41) is 16.7. The van der Waals surface area contributed by atoms with Gasteiger partial charge in [0.05, 0.1) is 17.3 Å². The van der Waals surface area contributed by atoms with Crippen molar-refractivity contribution < 1.29 is 0 Å². The molecule has 5 heteroatoms. The Morgan fingerprint density at radius 3 is 2.26 bits per heavy atom. The molecule has 0 bridgehead atoms. The number of rotatable bonds is 3. The topological polar surface area (TPSA) is 60.2 Å². The molecular weight excluding hydrogens is 304 g/mol. The monoisotopic (exact) mass is 322 g/mol. The van der Waals surface area contributed by atoms with Gasteiger partial charge in [-0.1, -0.05) is 30.3 Å². The lowest BCUT2D eigenvalue weighted by molar-refractivity contribution is 1.04. The first-order valence-corrected chi connectivity index (χ1v) is 7.60. The molecule has 0 saturated heterocycles. The largest absolute Gasteiger partial charge is 0.331 e. The number of anilines is 1. The Morgan fingerprint density at radius 2 is 1.70 bits per heavy atom. The highest BCUT2D eigenvalue weighted by Gasteiger charge is 2.04. The van der Waals surface area contributed by atoms with E-state index >= 15 is 0 Å². The fourth-order valence-electron chi connectivity index (χ4n) is 2.14. The number of thiocarbonyl (C=S) groups is 1. The van der Waals surface area contributed by atoms with Crippen molar-refractivity contribution in [2.24, 2.45) is 5.10 Å². The van der Waals surface area contributed by atoms with Gasteiger partial charge in [0, 0.05) is 5.69 Å². The molecule has 0 aliphatic rings. The SMILES string of the molecule is C/C(=N\NC(=S)Nc1c(C)cccc1C)c1ccc(C#N)cc1. The molecule has 0 aromatic heterocycles. The minimum Gasteiger partial charge on any atom is -0.331 e. The number of para-hydroxylation sites is 1. The van der Waals surface area contributed by atoms with Gasteiger partial charge in [0.1, 0.15) is 0 Å². The van der Waals surface area contributed by atoms with E-state index in [0.29, 0.717) is 10.7 Å². The minimum absolute atomic E-state index is 0.440. The molecule has 0 heterocycles. The number of nitrogens with one attached hydrogen (secondary N) is 2. The van der Waals surface area contributed by atoms with E-state index in [2.05, 4.69) is 21.9 Å². The van der Waals surface area contributed by atoms with Crippen molar-refractivity contribution in [1.82, 2.24) is 5.43 Å². The van der Waals surface area contributed by atoms with E-state index in [1.54, 1.807) is 12.1 Å². The Bertz CT molecular complexity index is 765. The van der Waals surface area contributed by atoms with Gasteiger partial charge in [-0.3, -0.25) is 5.43 Å². The Hall–Kier alpha value is -2.71. The van der Waals surface area contributed by atoms with E-state index in [0.717, 1.165) is 28.1 Å². The summed E-state index contributed by atoms with van der Waals surface area (Å²) >= 11 is 5.29. The van der Waals surface area contributed by atoms with E-state index in [4.69, 9.17) is 17.5 Å². The van der Waals surface area contributed by atoms with Crippen LogP contribution in [0.15, 0.2) is 47.6 Å². The van der Waals surface area contributed by atoms with Crippen molar-refractivity contribution in [1.29, 1.82) is 5.26 Å². The fraction of sp³-hybridized carbons (Fsp3) is 0.167. The van der Waals surface area contributed by atoms with Gasteiger partial charge in [0.25, 0.3) is 0 Å². The van der Waals surface area contributed by atoms with Gasteiger partial charge in [-0.15, -0.1) is 0 Å². The Labute approximate surface area is 141 Å². The molecule has 0 amide bonds. The Balaban J connectivity index is 2.04. The van der Waals surface area contributed by atoms with Gasteiger partial charge < -0.3 is 5.32 Å². The van der Waals surface area contributed by atoms with E-state index in [1.165, 1.54) is 0 Å². The van der Waals surface area contributed by atoms with Crippen LogP contribution < -0.4 is 10.7 Å². The highest BCUT2D eigenvalue weighted by Crippen LogP contribution is 2.19. The van der Waals surface area contributed by atoms with Crippen LogP contribution >= 0.6 is 12.2 Å². The average Bonchev–Trinajstić information content (AvgIpc) is 2.56. The molecular formula is C18H18N4S. The molecule has 0 radical (unpaired) electrons. The molecule has 116 valence electrons. The first-order valence-electron chi connectivity index (χ1n) is 7.19. The van der Waals surface area contributed by atoms with E-state index in [-0.39, 0.29) is 0 Å². The summed E-state index contributed by atoms with van der Waals surface area (Å²) in [5.74, 6) is 0. The van der Waals surface area contributed by atoms with Gasteiger partial charge in [0.15, 0.2) is 5.11 Å². The lowest BCUT2D eigenvalue weighted by atomic mass is 10.1. The van der Waals surface area contributed by atoms with Crippen molar-refractivity contribution >= 4 is 28.7 Å². The second-order valence-electron chi connectivity index (χ2n) is 5.22. The van der Waals surface area contributed by atoms with Crippen LogP contribution in [0.2, 0.25) is 0 Å². The Morgan fingerprint density at radius 1 is 1.09 bits per heavy atom. The molecule has 23 heavy (non-hydrogen) atoms. The molecule has 2 rings (SSSR count). The van der Waals surface area contributed by atoms with Crippen LogP contribution in [0.5, 0.6) is 0 Å². The lowest BCUT2D eigenvalue weighted by Crippen LogP contribution is -2.25. The van der Waals surface area contributed by atoms with E-state index < -0.39 is 0 Å². The van der Waals surface area contributed by atoms with Crippen molar-refractivity contribution in [3.05, 3.63) is 64.7 Å². The highest BCUT2D eigenvalue weighted by molar-refractivity contribution is 7.80. The molecule has 2 aromatic rings. The van der Waals surface area contributed by atoms with Gasteiger partial charge >= 0.3 is 0 Å². The van der Waals surface area contributed by atoms with Crippen LogP contribution in [0.1, 0.15) is 29.2 Å². The number of nitrogens with zero attached hydrogens (tertiary/aromatic N) is 2. The third-order valence-electron chi connectivity index (χ3n) is 3.48. The van der Waals surface area contributed by atoms with Crippen LogP contribution in [0.25, 0.3) is 0 Å². The van der Waals surface area contributed by atoms with Gasteiger partial charge in [-0.05, 0) is 61.8 Å². The predicted molar refractivity (Wildman–Crippen MR) is 98.6 cm³/mol. The number of hydrogen-bond donors (Lipinski definition) is 2. The number of benzene rings is 2. The number of hydrazone groups is 1. The van der Waals surface area contributed by atoms with Crippen LogP contribution in [-0.2, 0) is 0 Å². The zero-order valence-corrected chi connectivity index (χ0v) is 14.2.